The number of aromatic nitrogens is 4. The van der Waals surface area contributed by atoms with Crippen molar-refractivity contribution in [1.82, 2.24) is 34.9 Å². The number of amides is 2. The third-order valence-electron chi connectivity index (χ3n) is 11.8. The van der Waals surface area contributed by atoms with Gasteiger partial charge in [-0.3, -0.25) is 28.8 Å². The van der Waals surface area contributed by atoms with Crippen molar-refractivity contribution in [2.24, 2.45) is 4.99 Å². The number of thiazole rings is 1. The highest BCUT2D eigenvalue weighted by atomic mass is 35.5. The van der Waals surface area contributed by atoms with Crippen molar-refractivity contribution < 1.29 is 23.9 Å². The molecule has 4 aromatic carbocycles. The summed E-state index contributed by atoms with van der Waals surface area (Å²) in [5, 5.41) is 18.0. The van der Waals surface area contributed by atoms with E-state index in [9.17, 15) is 14.4 Å². The maximum atomic E-state index is 14.0. The number of aryl methyl sites for hydroxylation is 2. The van der Waals surface area contributed by atoms with Crippen LogP contribution in [0.15, 0.2) is 101 Å². The summed E-state index contributed by atoms with van der Waals surface area (Å²) < 4.78 is 13.7. The van der Waals surface area contributed by atoms with Crippen LogP contribution in [-0.4, -0.2) is 98.9 Å². The number of carbonyl (C=O) groups is 3. The van der Waals surface area contributed by atoms with Crippen LogP contribution in [0.3, 0.4) is 0 Å². The molecule has 0 radical (unpaired) electrons. The molecule has 0 spiro atoms. The Labute approximate surface area is 389 Å². The summed E-state index contributed by atoms with van der Waals surface area (Å²) in [6.07, 6.45) is 0.230. The van der Waals surface area contributed by atoms with Gasteiger partial charge in [0.15, 0.2) is 5.82 Å². The highest BCUT2D eigenvalue weighted by molar-refractivity contribution is 7.15. The summed E-state index contributed by atoms with van der Waals surface area (Å²) in [7, 11) is 0. The molecule has 1 atom stereocenters. The van der Waals surface area contributed by atoms with Crippen LogP contribution in [0.2, 0.25) is 5.02 Å². The van der Waals surface area contributed by atoms with Gasteiger partial charge in [0.2, 0.25) is 11.8 Å². The number of piperazine rings is 1. The van der Waals surface area contributed by atoms with Crippen molar-refractivity contribution in [3.63, 3.8) is 0 Å². The monoisotopic (exact) mass is 926 g/mol. The fourth-order valence-electron chi connectivity index (χ4n) is 8.14. The molecular formula is C49H47ClN8O5S2. The second-order valence-electron chi connectivity index (χ2n) is 16.1. The number of benzene rings is 4. The minimum absolute atomic E-state index is 0.0365. The van der Waals surface area contributed by atoms with Gasteiger partial charge in [-0.05, 0) is 61.5 Å². The zero-order valence-corrected chi connectivity index (χ0v) is 38.6. The van der Waals surface area contributed by atoms with Crippen molar-refractivity contribution >= 4 is 68.5 Å². The molecule has 0 aliphatic carbocycles. The largest absolute Gasteiger partial charge is 0.492 e. The Bertz CT molecular complexity index is 2900. The van der Waals surface area contributed by atoms with Crippen LogP contribution < -0.4 is 10.1 Å². The lowest BCUT2D eigenvalue weighted by Crippen LogP contribution is -2.49. The SMILES string of the molecule is Cc1sc2c(c1C)C(c1ccc(Cl)cc1)=N[C@@H](CC(=O)N1CCN(CCOc3cccc4ccc(-c5nc(CC(=O)NCC(=O)OCc6ccccc6)cs5)cc34)CC1)c1nnc(C)n1-2. The predicted molar refractivity (Wildman–Crippen MR) is 254 cm³/mol. The van der Waals surface area contributed by atoms with Crippen LogP contribution in [0.1, 0.15) is 56.9 Å². The number of hydrogen-bond acceptors (Lipinski definition) is 12. The van der Waals surface area contributed by atoms with Gasteiger partial charge in [-0.1, -0.05) is 78.3 Å². The quantitative estimate of drug-likeness (QED) is 0.107. The minimum Gasteiger partial charge on any atom is -0.492 e. The van der Waals surface area contributed by atoms with Gasteiger partial charge in [0.25, 0.3) is 0 Å². The molecule has 16 heteroatoms. The van der Waals surface area contributed by atoms with Crippen LogP contribution in [-0.2, 0) is 32.1 Å². The number of aliphatic imine (C=N–C) groups is 1. The van der Waals surface area contributed by atoms with Crippen molar-refractivity contribution in [2.75, 3.05) is 45.9 Å². The van der Waals surface area contributed by atoms with Crippen LogP contribution in [0.25, 0.3) is 26.3 Å². The molecule has 13 nitrogen and oxygen atoms in total. The Hall–Kier alpha value is -6.26. The van der Waals surface area contributed by atoms with E-state index in [1.54, 1.807) is 11.3 Å². The molecule has 332 valence electrons. The Morgan fingerprint density at radius 3 is 2.48 bits per heavy atom. The number of rotatable bonds is 14. The van der Waals surface area contributed by atoms with Gasteiger partial charge >= 0.3 is 5.97 Å². The van der Waals surface area contributed by atoms with E-state index >= 15 is 0 Å². The lowest BCUT2D eigenvalue weighted by Gasteiger charge is -2.35. The molecular weight excluding hydrogens is 880 g/mol. The van der Waals surface area contributed by atoms with Crippen molar-refractivity contribution in [3.05, 3.63) is 146 Å². The molecule has 0 unspecified atom stereocenters. The van der Waals surface area contributed by atoms with Gasteiger partial charge in [-0.2, -0.15) is 0 Å². The first kappa shape index (κ1) is 44.0. The first-order valence-corrected chi connectivity index (χ1v) is 23.6. The molecule has 3 aromatic heterocycles. The predicted octanol–water partition coefficient (Wildman–Crippen LogP) is 8.09. The van der Waals surface area contributed by atoms with E-state index in [2.05, 4.69) is 51.0 Å². The Morgan fingerprint density at radius 1 is 0.892 bits per heavy atom. The summed E-state index contributed by atoms with van der Waals surface area (Å²) in [5.74, 6) is 1.44. The van der Waals surface area contributed by atoms with Gasteiger partial charge in [0.1, 0.15) is 47.4 Å². The van der Waals surface area contributed by atoms with E-state index in [0.29, 0.717) is 42.8 Å². The highest BCUT2D eigenvalue weighted by Crippen LogP contribution is 2.40. The van der Waals surface area contributed by atoms with E-state index in [1.165, 1.54) is 16.2 Å². The number of hydrogen-bond donors (Lipinski definition) is 1. The van der Waals surface area contributed by atoms with E-state index in [4.69, 9.17) is 31.1 Å². The standard InChI is InChI=1S/C49H47ClN8O5S2/c1-30-31(2)65-49-45(30)46(35-14-16-37(50)17-15-35)53-40(47-55-54-32(3)58(47)49)26-43(60)57-20-18-56(19-21-57)22-23-62-41-11-7-10-34-12-13-36(24-39(34)41)48-52-38(29-64-48)25-42(59)51-27-44(61)63-28-33-8-5-4-6-9-33/h4-17,24,29,40H,18-23,25-28H2,1-3H3,(H,51,59)/t40-/m0/s1. The molecule has 65 heavy (non-hydrogen) atoms. The van der Waals surface area contributed by atoms with E-state index in [0.717, 1.165) is 79.0 Å². The molecule has 2 aliphatic heterocycles. The fourth-order valence-corrected chi connectivity index (χ4v) is 10.3. The topological polar surface area (TPSA) is 144 Å². The van der Waals surface area contributed by atoms with Gasteiger partial charge in [-0.15, -0.1) is 32.9 Å². The average Bonchev–Trinajstić information content (AvgIpc) is 4.00. The molecule has 0 bridgehead atoms. The third-order valence-corrected chi connectivity index (χ3v) is 14.2. The molecule has 2 aliphatic rings. The van der Waals surface area contributed by atoms with E-state index in [-0.39, 0.29) is 37.8 Å². The zero-order valence-electron chi connectivity index (χ0n) is 36.3. The van der Waals surface area contributed by atoms with Gasteiger partial charge in [0, 0.05) is 70.1 Å². The average molecular weight is 928 g/mol. The second-order valence-corrected chi connectivity index (χ2v) is 18.6. The smallest absolute Gasteiger partial charge is 0.325 e. The summed E-state index contributed by atoms with van der Waals surface area (Å²) in [6, 6.07) is 28.7. The Morgan fingerprint density at radius 2 is 1.68 bits per heavy atom. The number of thiophene rings is 1. The van der Waals surface area contributed by atoms with E-state index < -0.39 is 12.0 Å². The van der Waals surface area contributed by atoms with Gasteiger partial charge in [0.05, 0.1) is 24.2 Å². The number of fused-ring (bicyclic) bond motifs is 4. The normalized spacial score (nSPS) is 14.9. The van der Waals surface area contributed by atoms with Crippen LogP contribution in [0, 0.1) is 20.8 Å². The molecule has 7 aromatic rings. The second kappa shape index (κ2) is 19.5. The summed E-state index contributed by atoms with van der Waals surface area (Å²) in [5.41, 5.74) is 6.38. The van der Waals surface area contributed by atoms with Crippen molar-refractivity contribution in [1.29, 1.82) is 0 Å². The van der Waals surface area contributed by atoms with Gasteiger partial charge < -0.3 is 19.7 Å². The molecule has 0 saturated carbocycles. The number of nitrogens with one attached hydrogen (secondary N) is 1. The number of esters is 1. The van der Waals surface area contributed by atoms with E-state index in [1.807, 2.05) is 96.1 Å². The molecule has 2 amide bonds. The lowest BCUT2D eigenvalue weighted by atomic mass is 9.99. The molecule has 5 heterocycles. The number of carbonyl (C=O) groups excluding carboxylic acids is 3. The van der Waals surface area contributed by atoms with Crippen LogP contribution in [0.5, 0.6) is 5.75 Å². The molecule has 1 N–H and O–H groups in total. The Balaban J connectivity index is 0.786. The lowest BCUT2D eigenvalue weighted by molar-refractivity contribution is -0.145. The third kappa shape index (κ3) is 9.88. The molecule has 9 rings (SSSR count). The fraction of sp³-hybridized carbons (Fsp3) is 0.286. The minimum atomic E-state index is -0.514. The zero-order chi connectivity index (χ0) is 45.0. The number of nitrogens with zero attached hydrogens (tertiary/aromatic N) is 7. The maximum Gasteiger partial charge on any atom is 0.325 e. The number of ether oxygens (including phenoxy) is 2. The summed E-state index contributed by atoms with van der Waals surface area (Å²) >= 11 is 9.44. The van der Waals surface area contributed by atoms with Crippen LogP contribution in [0.4, 0.5) is 0 Å². The first-order valence-electron chi connectivity index (χ1n) is 21.5. The first-order chi connectivity index (χ1) is 31.6. The summed E-state index contributed by atoms with van der Waals surface area (Å²) in [4.78, 5) is 54.3. The number of halogens is 1. The molecule has 1 fully saturated rings. The Kier molecular flexibility index (Phi) is 13.2. The summed E-state index contributed by atoms with van der Waals surface area (Å²) in [6.45, 7) is 9.98. The van der Waals surface area contributed by atoms with Crippen LogP contribution >= 0.6 is 34.3 Å². The van der Waals surface area contributed by atoms with Crippen molar-refractivity contribution in [2.45, 2.75) is 46.3 Å². The van der Waals surface area contributed by atoms with Gasteiger partial charge in [-0.25, -0.2) is 4.98 Å². The molecule has 1 saturated heterocycles. The highest BCUT2D eigenvalue weighted by Gasteiger charge is 2.34. The maximum absolute atomic E-state index is 14.0. The van der Waals surface area contributed by atoms with Crippen molar-refractivity contribution in [3.8, 4) is 21.3 Å².